The van der Waals surface area contributed by atoms with Gasteiger partial charge in [-0.2, -0.15) is 0 Å². The minimum absolute atomic E-state index is 0.117. The Hall–Kier alpha value is -2.77. The summed E-state index contributed by atoms with van der Waals surface area (Å²) in [5.74, 6) is 3.26. The van der Waals surface area contributed by atoms with E-state index in [9.17, 15) is 4.79 Å². The maximum atomic E-state index is 12.4. The number of carbonyl (C=O) groups excluding carboxylic acids is 1. The first-order chi connectivity index (χ1) is 11.2. The van der Waals surface area contributed by atoms with Crippen molar-refractivity contribution < 1.29 is 14.3 Å². The summed E-state index contributed by atoms with van der Waals surface area (Å²) >= 11 is 0. The van der Waals surface area contributed by atoms with Crippen LogP contribution in [0.2, 0.25) is 0 Å². The third-order valence-corrected chi connectivity index (χ3v) is 3.84. The Labute approximate surface area is 135 Å². The molecule has 116 valence electrons. The molecule has 1 amide bonds. The van der Waals surface area contributed by atoms with E-state index in [1.165, 1.54) is 0 Å². The van der Waals surface area contributed by atoms with Gasteiger partial charge in [-0.3, -0.25) is 9.69 Å². The quantitative estimate of drug-likeness (QED) is 0.629. The van der Waals surface area contributed by atoms with Gasteiger partial charge in [0.1, 0.15) is 11.8 Å². The Bertz CT molecular complexity index is 719. The number of β-lactam (4-membered cyclic amide) rings is 1. The molecule has 2 aromatic carbocycles. The number of terminal acetylenes is 1. The van der Waals surface area contributed by atoms with Crippen molar-refractivity contribution in [3.05, 3.63) is 60.2 Å². The predicted molar refractivity (Wildman–Crippen MR) is 88.1 cm³/mol. The zero-order chi connectivity index (χ0) is 16.2. The van der Waals surface area contributed by atoms with Crippen molar-refractivity contribution >= 4 is 11.6 Å². The van der Waals surface area contributed by atoms with E-state index in [1.807, 2.05) is 42.5 Å². The van der Waals surface area contributed by atoms with E-state index in [0.717, 1.165) is 17.0 Å². The normalized spacial score (nSPS) is 19.8. The number of hydrogen-bond donors (Lipinski definition) is 0. The fourth-order valence-electron chi connectivity index (χ4n) is 2.58. The molecular formula is C19H17NO3. The molecule has 1 aliphatic heterocycles. The second kappa shape index (κ2) is 6.55. The molecule has 1 aliphatic rings. The summed E-state index contributed by atoms with van der Waals surface area (Å²) in [6, 6.07) is 16.6. The molecule has 0 saturated carbocycles. The lowest BCUT2D eigenvalue weighted by atomic mass is 9.97. The van der Waals surface area contributed by atoms with Crippen molar-refractivity contribution in [2.24, 2.45) is 0 Å². The molecule has 2 atom stereocenters. The number of methoxy groups -OCH3 is 1. The summed E-state index contributed by atoms with van der Waals surface area (Å²) in [6.07, 6.45) is 5.00. The first-order valence-corrected chi connectivity index (χ1v) is 7.33. The van der Waals surface area contributed by atoms with Gasteiger partial charge in [0.25, 0.3) is 5.91 Å². The minimum atomic E-state index is -0.595. The van der Waals surface area contributed by atoms with Crippen LogP contribution in [-0.4, -0.2) is 25.2 Å². The maximum absolute atomic E-state index is 12.4. The number of carbonyl (C=O) groups is 1. The molecule has 1 saturated heterocycles. The molecule has 0 N–H and O–H groups in total. The molecular weight excluding hydrogens is 290 g/mol. The molecule has 0 aliphatic carbocycles. The van der Waals surface area contributed by atoms with E-state index in [-0.39, 0.29) is 11.9 Å². The van der Waals surface area contributed by atoms with Crippen molar-refractivity contribution in [2.75, 3.05) is 12.0 Å². The van der Waals surface area contributed by atoms with Crippen molar-refractivity contribution in [2.45, 2.75) is 18.8 Å². The lowest BCUT2D eigenvalue weighted by Gasteiger charge is -2.43. The molecule has 0 spiro atoms. The average molecular weight is 307 g/mol. The van der Waals surface area contributed by atoms with Gasteiger partial charge in [-0.05, 0) is 29.8 Å². The number of nitrogens with zero attached hydrogens (tertiary/aromatic N) is 1. The second-order valence-electron chi connectivity index (χ2n) is 5.23. The Kier molecular flexibility index (Phi) is 4.31. The minimum Gasteiger partial charge on any atom is -0.497 e. The molecule has 1 fully saturated rings. The van der Waals surface area contributed by atoms with Crippen LogP contribution in [0.4, 0.5) is 5.69 Å². The van der Waals surface area contributed by atoms with Crippen LogP contribution in [0.25, 0.3) is 0 Å². The Balaban J connectivity index is 1.68. The molecule has 0 radical (unpaired) electrons. The largest absolute Gasteiger partial charge is 0.497 e. The van der Waals surface area contributed by atoms with Gasteiger partial charge in [0.2, 0.25) is 0 Å². The van der Waals surface area contributed by atoms with Gasteiger partial charge < -0.3 is 9.47 Å². The fraction of sp³-hybridized carbons (Fsp3) is 0.211. The molecule has 0 aromatic heterocycles. The van der Waals surface area contributed by atoms with Crippen molar-refractivity contribution in [3.8, 4) is 18.1 Å². The third kappa shape index (κ3) is 2.92. The van der Waals surface area contributed by atoms with Crippen LogP contribution in [0.3, 0.4) is 0 Å². The van der Waals surface area contributed by atoms with Crippen molar-refractivity contribution in [1.82, 2.24) is 0 Å². The van der Waals surface area contributed by atoms with Crippen LogP contribution >= 0.6 is 0 Å². The van der Waals surface area contributed by atoms with Gasteiger partial charge in [0.05, 0.1) is 13.7 Å². The number of rotatable bonds is 5. The summed E-state index contributed by atoms with van der Waals surface area (Å²) < 4.78 is 10.8. The van der Waals surface area contributed by atoms with Crippen molar-refractivity contribution in [3.63, 3.8) is 0 Å². The molecule has 0 unspecified atom stereocenters. The highest BCUT2D eigenvalue weighted by Crippen LogP contribution is 2.31. The number of benzene rings is 2. The third-order valence-electron chi connectivity index (χ3n) is 3.84. The second-order valence-corrected chi connectivity index (χ2v) is 5.23. The highest BCUT2D eigenvalue weighted by molar-refractivity contribution is 6.06. The number of hydrogen-bond acceptors (Lipinski definition) is 3. The maximum Gasteiger partial charge on any atom is 0.260 e. The van der Waals surface area contributed by atoms with E-state index in [0.29, 0.717) is 6.61 Å². The van der Waals surface area contributed by atoms with E-state index >= 15 is 0 Å². The van der Waals surface area contributed by atoms with Gasteiger partial charge >= 0.3 is 0 Å². The summed E-state index contributed by atoms with van der Waals surface area (Å²) in [4.78, 5) is 14.0. The topological polar surface area (TPSA) is 38.8 Å². The zero-order valence-corrected chi connectivity index (χ0v) is 12.8. The predicted octanol–water partition coefficient (Wildman–Crippen LogP) is 2.63. The van der Waals surface area contributed by atoms with E-state index in [1.54, 1.807) is 24.1 Å². The molecule has 4 nitrogen and oxygen atoms in total. The van der Waals surface area contributed by atoms with Crippen LogP contribution in [0.15, 0.2) is 54.6 Å². The van der Waals surface area contributed by atoms with Crippen LogP contribution in [0.5, 0.6) is 5.75 Å². The molecule has 3 rings (SSSR count). The van der Waals surface area contributed by atoms with Gasteiger partial charge in [0, 0.05) is 5.69 Å². The molecule has 1 heterocycles. The first kappa shape index (κ1) is 15.1. The average Bonchev–Trinajstić information content (AvgIpc) is 2.61. The first-order valence-electron chi connectivity index (χ1n) is 7.33. The SMILES string of the molecule is C#C[C@H]1[C@@H](OCc2ccccc2)C(=O)N1c1ccc(OC)cc1. The Morgan fingerprint density at radius 3 is 2.43 bits per heavy atom. The Morgan fingerprint density at radius 2 is 1.83 bits per heavy atom. The fourth-order valence-corrected chi connectivity index (χ4v) is 2.58. The van der Waals surface area contributed by atoms with Crippen LogP contribution in [-0.2, 0) is 16.1 Å². The lowest BCUT2D eigenvalue weighted by molar-refractivity contribution is -0.140. The van der Waals surface area contributed by atoms with E-state index < -0.39 is 6.10 Å². The summed E-state index contributed by atoms with van der Waals surface area (Å²) in [5, 5.41) is 0. The summed E-state index contributed by atoms with van der Waals surface area (Å²) in [6.45, 7) is 0.367. The lowest BCUT2D eigenvalue weighted by Crippen LogP contribution is -2.65. The van der Waals surface area contributed by atoms with Gasteiger partial charge in [-0.1, -0.05) is 36.3 Å². The van der Waals surface area contributed by atoms with Gasteiger partial charge in [-0.15, -0.1) is 6.42 Å². The number of anilines is 1. The van der Waals surface area contributed by atoms with E-state index in [4.69, 9.17) is 15.9 Å². The number of ether oxygens (including phenoxy) is 2. The molecule has 2 aromatic rings. The van der Waals surface area contributed by atoms with Gasteiger partial charge in [0.15, 0.2) is 6.10 Å². The molecule has 23 heavy (non-hydrogen) atoms. The number of amides is 1. The molecule has 4 heteroatoms. The highest BCUT2D eigenvalue weighted by Gasteiger charge is 2.48. The monoisotopic (exact) mass is 307 g/mol. The zero-order valence-electron chi connectivity index (χ0n) is 12.8. The summed E-state index contributed by atoms with van der Waals surface area (Å²) in [7, 11) is 1.60. The van der Waals surface area contributed by atoms with Crippen molar-refractivity contribution in [1.29, 1.82) is 0 Å². The summed E-state index contributed by atoms with van der Waals surface area (Å²) in [5.41, 5.74) is 1.76. The Morgan fingerprint density at radius 1 is 1.13 bits per heavy atom. The van der Waals surface area contributed by atoms with Gasteiger partial charge in [-0.25, -0.2) is 0 Å². The van der Waals surface area contributed by atoms with Crippen LogP contribution in [0.1, 0.15) is 5.56 Å². The molecule has 0 bridgehead atoms. The standard InChI is InChI=1S/C19H17NO3/c1-3-17-18(23-13-14-7-5-4-6-8-14)19(21)20(17)15-9-11-16(22-2)12-10-15/h1,4-12,17-18H,13H2,2H3/t17-,18+/m0/s1. The van der Waals surface area contributed by atoms with Crippen LogP contribution < -0.4 is 9.64 Å². The smallest absolute Gasteiger partial charge is 0.260 e. The van der Waals surface area contributed by atoms with Crippen LogP contribution in [0, 0.1) is 12.3 Å². The highest BCUT2D eigenvalue weighted by atomic mass is 16.5. The van der Waals surface area contributed by atoms with E-state index in [2.05, 4.69) is 5.92 Å².